The molecule has 0 aliphatic heterocycles. The van der Waals surface area contributed by atoms with Gasteiger partial charge in [0.05, 0.1) is 6.54 Å². The van der Waals surface area contributed by atoms with E-state index in [1.807, 2.05) is 6.92 Å². The van der Waals surface area contributed by atoms with Gasteiger partial charge in [-0.2, -0.15) is 0 Å². The molecule has 1 rings (SSSR count). The zero-order valence-electron chi connectivity index (χ0n) is 11.5. The topological polar surface area (TPSA) is 78.4 Å². The molecular weight excluding hydrogens is 244 g/mol. The van der Waals surface area contributed by atoms with Crippen LogP contribution in [0, 0.1) is 5.92 Å². The molecule has 1 heterocycles. The van der Waals surface area contributed by atoms with Crippen molar-refractivity contribution in [2.75, 3.05) is 31.6 Å². The molecule has 106 valence electrons. The van der Waals surface area contributed by atoms with Crippen LogP contribution < -0.4 is 10.2 Å². The predicted octanol–water partition coefficient (Wildman–Crippen LogP) is 0.438. The molecule has 0 spiro atoms. The van der Waals surface area contributed by atoms with E-state index in [4.69, 9.17) is 5.11 Å². The van der Waals surface area contributed by atoms with Crippen LogP contribution in [0.5, 0.6) is 0 Å². The predicted molar refractivity (Wildman–Crippen MR) is 73.8 cm³/mol. The monoisotopic (exact) mass is 266 g/mol. The number of aliphatic hydroxyl groups is 1. The van der Waals surface area contributed by atoms with E-state index in [1.165, 1.54) is 0 Å². The van der Waals surface area contributed by atoms with E-state index in [0.717, 1.165) is 12.8 Å². The van der Waals surface area contributed by atoms with Crippen LogP contribution in [0.25, 0.3) is 0 Å². The highest BCUT2D eigenvalue weighted by molar-refractivity contribution is 5.80. The van der Waals surface area contributed by atoms with Crippen molar-refractivity contribution in [2.24, 2.45) is 5.92 Å². The number of amides is 1. The first-order valence-corrected chi connectivity index (χ1v) is 6.49. The number of aromatic nitrogens is 2. The Morgan fingerprint density at radius 1 is 1.47 bits per heavy atom. The van der Waals surface area contributed by atoms with Crippen LogP contribution in [0.2, 0.25) is 0 Å². The Morgan fingerprint density at radius 2 is 2.16 bits per heavy atom. The molecule has 0 saturated heterocycles. The molecule has 1 amide bonds. The zero-order valence-corrected chi connectivity index (χ0v) is 11.5. The van der Waals surface area contributed by atoms with E-state index in [1.54, 1.807) is 30.4 Å². The Labute approximate surface area is 113 Å². The number of rotatable bonds is 8. The highest BCUT2D eigenvalue weighted by Crippen LogP contribution is 2.03. The van der Waals surface area contributed by atoms with Gasteiger partial charge in [-0.15, -0.1) is 0 Å². The second-order valence-electron chi connectivity index (χ2n) is 4.68. The van der Waals surface area contributed by atoms with Gasteiger partial charge in [0.1, 0.15) is 0 Å². The summed E-state index contributed by atoms with van der Waals surface area (Å²) in [6.07, 6.45) is 5.08. The van der Waals surface area contributed by atoms with Gasteiger partial charge < -0.3 is 15.3 Å². The molecule has 1 atom stereocenters. The lowest BCUT2D eigenvalue weighted by Crippen LogP contribution is -2.36. The maximum Gasteiger partial charge on any atom is 0.239 e. The number of anilines is 1. The molecule has 0 saturated carbocycles. The van der Waals surface area contributed by atoms with Gasteiger partial charge in [-0.25, -0.2) is 9.97 Å². The largest absolute Gasteiger partial charge is 0.396 e. The van der Waals surface area contributed by atoms with Crippen molar-refractivity contribution in [1.29, 1.82) is 0 Å². The van der Waals surface area contributed by atoms with Crippen LogP contribution in [0.1, 0.15) is 19.8 Å². The van der Waals surface area contributed by atoms with Gasteiger partial charge >= 0.3 is 0 Å². The Kier molecular flexibility index (Phi) is 6.81. The molecule has 0 aliphatic rings. The van der Waals surface area contributed by atoms with Crippen molar-refractivity contribution in [3.8, 4) is 0 Å². The van der Waals surface area contributed by atoms with Crippen LogP contribution in [-0.4, -0.2) is 47.7 Å². The first kappa shape index (κ1) is 15.4. The van der Waals surface area contributed by atoms with Crippen molar-refractivity contribution in [2.45, 2.75) is 19.8 Å². The maximum absolute atomic E-state index is 11.7. The molecule has 0 bridgehead atoms. The van der Waals surface area contributed by atoms with Gasteiger partial charge in [0.15, 0.2) is 0 Å². The number of carbonyl (C=O) groups is 1. The normalized spacial score (nSPS) is 11.9. The fraction of sp³-hybridized carbons (Fsp3) is 0.615. The number of nitrogens with one attached hydrogen (secondary N) is 1. The van der Waals surface area contributed by atoms with E-state index >= 15 is 0 Å². The number of hydrogen-bond donors (Lipinski definition) is 2. The quantitative estimate of drug-likeness (QED) is 0.667. The number of nitrogens with zero attached hydrogens (tertiary/aromatic N) is 3. The van der Waals surface area contributed by atoms with Crippen LogP contribution in [0.4, 0.5) is 5.95 Å². The first-order valence-electron chi connectivity index (χ1n) is 6.49. The van der Waals surface area contributed by atoms with Gasteiger partial charge in [-0.3, -0.25) is 4.79 Å². The third-order valence-corrected chi connectivity index (χ3v) is 2.78. The number of likely N-dealkylation sites (N-methyl/N-ethyl adjacent to an activating group) is 1. The van der Waals surface area contributed by atoms with Gasteiger partial charge in [0.25, 0.3) is 0 Å². The molecule has 0 aliphatic carbocycles. The fourth-order valence-electron chi connectivity index (χ4n) is 1.60. The van der Waals surface area contributed by atoms with E-state index in [2.05, 4.69) is 15.3 Å². The van der Waals surface area contributed by atoms with Crippen LogP contribution in [0.15, 0.2) is 18.5 Å². The minimum atomic E-state index is -0.0494. The second-order valence-corrected chi connectivity index (χ2v) is 4.68. The zero-order chi connectivity index (χ0) is 14.1. The molecule has 0 aromatic carbocycles. The summed E-state index contributed by atoms with van der Waals surface area (Å²) < 4.78 is 0. The smallest absolute Gasteiger partial charge is 0.239 e. The fourth-order valence-corrected chi connectivity index (χ4v) is 1.60. The van der Waals surface area contributed by atoms with E-state index < -0.39 is 0 Å². The Balaban J connectivity index is 2.21. The molecule has 0 fully saturated rings. The maximum atomic E-state index is 11.7. The standard InChI is InChI=1S/C13H22N4O2/c1-11(10-18)5-3-6-14-12(19)9-17(2)13-15-7-4-8-16-13/h4,7-8,11,18H,3,5-6,9-10H2,1-2H3,(H,14,19). The highest BCUT2D eigenvalue weighted by atomic mass is 16.3. The van der Waals surface area contributed by atoms with Crippen molar-refractivity contribution < 1.29 is 9.90 Å². The van der Waals surface area contributed by atoms with Gasteiger partial charge in [0, 0.05) is 32.6 Å². The summed E-state index contributed by atoms with van der Waals surface area (Å²) in [6.45, 7) is 3.05. The summed E-state index contributed by atoms with van der Waals surface area (Å²) in [6, 6.07) is 1.74. The average molecular weight is 266 g/mol. The molecule has 1 aromatic rings. The van der Waals surface area contributed by atoms with Gasteiger partial charge in [-0.1, -0.05) is 6.92 Å². The minimum absolute atomic E-state index is 0.0494. The van der Waals surface area contributed by atoms with Crippen LogP contribution in [0.3, 0.4) is 0 Å². The molecule has 1 unspecified atom stereocenters. The third-order valence-electron chi connectivity index (χ3n) is 2.78. The second kappa shape index (κ2) is 8.42. The lowest BCUT2D eigenvalue weighted by molar-refractivity contribution is -0.119. The number of hydrogen-bond acceptors (Lipinski definition) is 5. The molecule has 1 aromatic heterocycles. The summed E-state index contributed by atoms with van der Waals surface area (Å²) in [4.78, 5) is 21.5. The summed E-state index contributed by atoms with van der Waals surface area (Å²) in [5.41, 5.74) is 0. The highest BCUT2D eigenvalue weighted by Gasteiger charge is 2.08. The third kappa shape index (κ3) is 6.15. The molecule has 0 radical (unpaired) electrons. The van der Waals surface area contributed by atoms with Crippen molar-refractivity contribution >= 4 is 11.9 Å². The number of aliphatic hydroxyl groups excluding tert-OH is 1. The van der Waals surface area contributed by atoms with Crippen molar-refractivity contribution in [1.82, 2.24) is 15.3 Å². The Bertz CT molecular complexity index is 372. The molecule has 6 nitrogen and oxygen atoms in total. The summed E-state index contributed by atoms with van der Waals surface area (Å²) in [7, 11) is 1.78. The van der Waals surface area contributed by atoms with Crippen LogP contribution in [-0.2, 0) is 4.79 Å². The van der Waals surface area contributed by atoms with Gasteiger partial charge in [0.2, 0.25) is 11.9 Å². The molecule has 2 N–H and O–H groups in total. The molecule has 19 heavy (non-hydrogen) atoms. The average Bonchev–Trinajstić information content (AvgIpc) is 2.44. The first-order chi connectivity index (χ1) is 9.13. The lowest BCUT2D eigenvalue weighted by Gasteiger charge is -2.16. The van der Waals surface area contributed by atoms with Crippen molar-refractivity contribution in [3.05, 3.63) is 18.5 Å². The summed E-state index contributed by atoms with van der Waals surface area (Å²) in [5.74, 6) is 0.774. The molecule has 6 heteroatoms. The Hall–Kier alpha value is -1.69. The SMILES string of the molecule is CC(CO)CCCNC(=O)CN(C)c1ncccn1. The van der Waals surface area contributed by atoms with E-state index in [0.29, 0.717) is 12.5 Å². The summed E-state index contributed by atoms with van der Waals surface area (Å²) in [5, 5.41) is 11.7. The number of carbonyl (C=O) groups excluding carboxylic acids is 1. The lowest BCUT2D eigenvalue weighted by atomic mass is 10.1. The minimum Gasteiger partial charge on any atom is -0.396 e. The van der Waals surface area contributed by atoms with E-state index in [-0.39, 0.29) is 25.0 Å². The Morgan fingerprint density at radius 3 is 2.79 bits per heavy atom. The van der Waals surface area contributed by atoms with Gasteiger partial charge in [-0.05, 0) is 24.8 Å². The van der Waals surface area contributed by atoms with E-state index in [9.17, 15) is 4.79 Å². The molecular formula is C13H22N4O2. The van der Waals surface area contributed by atoms with Crippen LogP contribution >= 0.6 is 0 Å². The van der Waals surface area contributed by atoms with Crippen molar-refractivity contribution in [3.63, 3.8) is 0 Å². The summed E-state index contributed by atoms with van der Waals surface area (Å²) >= 11 is 0.